The van der Waals surface area contributed by atoms with Gasteiger partial charge in [0.05, 0.1) is 4.88 Å². The van der Waals surface area contributed by atoms with Crippen molar-refractivity contribution in [2.45, 2.75) is 19.3 Å². The van der Waals surface area contributed by atoms with E-state index in [1.807, 2.05) is 6.07 Å². The van der Waals surface area contributed by atoms with Gasteiger partial charge in [0.15, 0.2) is 0 Å². The van der Waals surface area contributed by atoms with Crippen LogP contribution in [0.1, 0.15) is 28.8 Å². The summed E-state index contributed by atoms with van der Waals surface area (Å²) >= 11 is 1.58. The first-order chi connectivity index (χ1) is 11.2. The Morgan fingerprint density at radius 2 is 1.88 bits per heavy atom. The molecule has 2 aromatic carbocycles. The highest BCUT2D eigenvalue weighted by molar-refractivity contribution is 7.20. The SMILES string of the molecule is Cl.N=C(N)c1cc2c(/C=C/CCCc3ccccc3)cccc2s1. The quantitative estimate of drug-likeness (QED) is 0.335. The minimum atomic E-state index is 0. The van der Waals surface area contributed by atoms with Crippen LogP contribution in [0.25, 0.3) is 16.2 Å². The average molecular weight is 357 g/mol. The summed E-state index contributed by atoms with van der Waals surface area (Å²) in [6, 6.07) is 18.9. The van der Waals surface area contributed by atoms with E-state index in [2.05, 4.69) is 60.7 Å². The van der Waals surface area contributed by atoms with Crippen molar-refractivity contribution in [3.8, 4) is 0 Å². The first-order valence-electron chi connectivity index (χ1n) is 7.81. The summed E-state index contributed by atoms with van der Waals surface area (Å²) in [4.78, 5) is 0.838. The molecule has 0 atom stereocenters. The third-order valence-corrected chi connectivity index (χ3v) is 4.97. The van der Waals surface area contributed by atoms with Crippen LogP contribution in [0.3, 0.4) is 0 Å². The summed E-state index contributed by atoms with van der Waals surface area (Å²) in [5.41, 5.74) is 8.19. The Morgan fingerprint density at radius 3 is 2.62 bits per heavy atom. The largest absolute Gasteiger partial charge is 0.383 e. The minimum Gasteiger partial charge on any atom is -0.383 e. The van der Waals surface area contributed by atoms with Crippen LogP contribution < -0.4 is 5.73 Å². The monoisotopic (exact) mass is 356 g/mol. The normalized spacial score (nSPS) is 10.8. The Kier molecular flexibility index (Phi) is 6.59. The standard InChI is InChI=1S/C20H20N2S.ClH/c21-20(22)19-14-17-16(12-7-13-18(17)23-19)11-6-2-5-10-15-8-3-1-4-9-15;/h1,3-4,6-9,11-14H,2,5,10H2,(H3,21,22);1H/b11-6+;. The van der Waals surface area contributed by atoms with Crippen molar-refractivity contribution >= 4 is 45.7 Å². The topological polar surface area (TPSA) is 49.9 Å². The first kappa shape index (κ1) is 18.2. The molecule has 1 heterocycles. The number of hydrogen-bond acceptors (Lipinski definition) is 2. The number of amidine groups is 1. The van der Waals surface area contributed by atoms with E-state index in [0.29, 0.717) is 0 Å². The molecule has 0 saturated heterocycles. The summed E-state index contributed by atoms with van der Waals surface area (Å²) in [5, 5.41) is 8.77. The molecule has 3 rings (SSSR count). The smallest absolute Gasteiger partial charge is 0.133 e. The maximum absolute atomic E-state index is 7.58. The highest BCUT2D eigenvalue weighted by Gasteiger charge is 2.06. The molecule has 0 aliphatic heterocycles. The summed E-state index contributed by atoms with van der Waals surface area (Å²) in [7, 11) is 0. The number of hydrogen-bond donors (Lipinski definition) is 2. The number of fused-ring (bicyclic) bond motifs is 1. The number of nitrogen functional groups attached to an aromatic ring is 1. The fraction of sp³-hybridized carbons (Fsp3) is 0.150. The zero-order valence-corrected chi connectivity index (χ0v) is 15.0. The molecule has 0 amide bonds. The molecule has 3 aromatic rings. The molecule has 2 nitrogen and oxygen atoms in total. The predicted molar refractivity (Wildman–Crippen MR) is 109 cm³/mol. The molecule has 24 heavy (non-hydrogen) atoms. The second kappa shape index (κ2) is 8.67. The average Bonchev–Trinajstić information content (AvgIpc) is 3.01. The van der Waals surface area contributed by atoms with Crippen LogP contribution >= 0.6 is 23.7 Å². The molecular formula is C20H21ClN2S. The van der Waals surface area contributed by atoms with E-state index in [0.717, 1.165) is 24.1 Å². The van der Waals surface area contributed by atoms with Gasteiger partial charge in [-0.05, 0) is 42.5 Å². The lowest BCUT2D eigenvalue weighted by atomic mass is 10.1. The zero-order valence-electron chi connectivity index (χ0n) is 13.4. The van der Waals surface area contributed by atoms with Gasteiger partial charge in [-0.3, -0.25) is 5.41 Å². The molecule has 0 saturated carbocycles. The number of unbranched alkanes of at least 4 members (excludes halogenated alkanes) is 1. The lowest BCUT2D eigenvalue weighted by Gasteiger charge is -1.99. The Balaban J connectivity index is 0.00000208. The van der Waals surface area contributed by atoms with Crippen molar-refractivity contribution in [1.29, 1.82) is 5.41 Å². The lowest BCUT2D eigenvalue weighted by molar-refractivity contribution is 0.845. The fourth-order valence-corrected chi connectivity index (χ4v) is 3.60. The van der Waals surface area contributed by atoms with Crippen LogP contribution in [0.2, 0.25) is 0 Å². The van der Waals surface area contributed by atoms with Crippen LogP contribution in [-0.2, 0) is 6.42 Å². The Bertz CT molecular complexity index is 837. The zero-order chi connectivity index (χ0) is 16.1. The van der Waals surface area contributed by atoms with E-state index >= 15 is 0 Å². The van der Waals surface area contributed by atoms with Crippen LogP contribution in [0.15, 0.2) is 60.7 Å². The van der Waals surface area contributed by atoms with Gasteiger partial charge < -0.3 is 5.73 Å². The van der Waals surface area contributed by atoms with Gasteiger partial charge in [0.25, 0.3) is 0 Å². The minimum absolute atomic E-state index is 0. The van der Waals surface area contributed by atoms with Crippen molar-refractivity contribution < 1.29 is 0 Å². The molecule has 0 radical (unpaired) electrons. The maximum Gasteiger partial charge on any atom is 0.133 e. The highest BCUT2D eigenvalue weighted by atomic mass is 35.5. The summed E-state index contributed by atoms with van der Waals surface area (Å²) < 4.78 is 1.18. The Hall–Kier alpha value is -2.10. The number of allylic oxidation sites excluding steroid dienone is 1. The predicted octanol–water partition coefficient (Wildman–Crippen LogP) is 5.64. The van der Waals surface area contributed by atoms with E-state index in [1.165, 1.54) is 21.2 Å². The lowest BCUT2D eigenvalue weighted by Crippen LogP contribution is -2.08. The fourth-order valence-electron chi connectivity index (χ4n) is 2.64. The molecule has 0 aliphatic rings. The number of thiophene rings is 1. The van der Waals surface area contributed by atoms with Gasteiger partial charge in [0, 0.05) is 10.1 Å². The van der Waals surface area contributed by atoms with Crippen LogP contribution in [0, 0.1) is 5.41 Å². The second-order valence-corrected chi connectivity index (χ2v) is 6.65. The summed E-state index contributed by atoms with van der Waals surface area (Å²) in [6.45, 7) is 0. The van der Waals surface area contributed by atoms with E-state index in [4.69, 9.17) is 11.1 Å². The molecule has 0 bridgehead atoms. The van der Waals surface area contributed by atoms with Gasteiger partial charge in [-0.1, -0.05) is 54.6 Å². The molecule has 3 N–H and O–H groups in total. The van der Waals surface area contributed by atoms with Gasteiger partial charge in [-0.25, -0.2) is 0 Å². The third-order valence-electron chi connectivity index (χ3n) is 3.84. The van der Waals surface area contributed by atoms with E-state index in [9.17, 15) is 0 Å². The van der Waals surface area contributed by atoms with E-state index in [-0.39, 0.29) is 18.2 Å². The van der Waals surface area contributed by atoms with Crippen molar-refractivity contribution in [1.82, 2.24) is 0 Å². The van der Waals surface area contributed by atoms with Crippen molar-refractivity contribution in [2.75, 3.05) is 0 Å². The van der Waals surface area contributed by atoms with Crippen LogP contribution in [0.5, 0.6) is 0 Å². The number of aryl methyl sites for hydroxylation is 1. The summed E-state index contributed by atoms with van der Waals surface area (Å²) in [5.74, 6) is 0.143. The molecule has 0 aliphatic carbocycles. The molecule has 0 spiro atoms. The van der Waals surface area contributed by atoms with Gasteiger partial charge in [-0.15, -0.1) is 23.7 Å². The van der Waals surface area contributed by atoms with Crippen molar-refractivity contribution in [3.05, 3.63) is 76.7 Å². The van der Waals surface area contributed by atoms with Crippen LogP contribution in [-0.4, -0.2) is 5.84 Å². The molecule has 124 valence electrons. The Morgan fingerprint density at radius 1 is 1.08 bits per heavy atom. The number of rotatable bonds is 6. The van der Waals surface area contributed by atoms with E-state index < -0.39 is 0 Å². The second-order valence-electron chi connectivity index (χ2n) is 5.56. The number of benzene rings is 2. The number of halogens is 1. The first-order valence-corrected chi connectivity index (χ1v) is 8.63. The number of nitrogens with two attached hydrogens (primary N) is 1. The van der Waals surface area contributed by atoms with Gasteiger partial charge in [-0.2, -0.15) is 0 Å². The van der Waals surface area contributed by atoms with Gasteiger partial charge in [0.2, 0.25) is 0 Å². The molecule has 4 heteroatoms. The molecular weight excluding hydrogens is 336 g/mol. The number of nitrogens with one attached hydrogen (secondary N) is 1. The third kappa shape index (κ3) is 4.47. The van der Waals surface area contributed by atoms with Crippen molar-refractivity contribution in [3.63, 3.8) is 0 Å². The highest BCUT2D eigenvalue weighted by Crippen LogP contribution is 2.29. The molecule has 0 unspecified atom stereocenters. The van der Waals surface area contributed by atoms with Crippen LogP contribution in [0.4, 0.5) is 0 Å². The molecule has 1 aromatic heterocycles. The maximum atomic E-state index is 7.58. The van der Waals surface area contributed by atoms with Crippen molar-refractivity contribution in [2.24, 2.45) is 5.73 Å². The van der Waals surface area contributed by atoms with E-state index in [1.54, 1.807) is 11.3 Å². The Labute approximate surface area is 152 Å². The molecule has 0 fully saturated rings. The summed E-state index contributed by atoms with van der Waals surface area (Å²) in [6.07, 6.45) is 7.75. The van der Waals surface area contributed by atoms with Gasteiger partial charge >= 0.3 is 0 Å². The van der Waals surface area contributed by atoms with Gasteiger partial charge in [0.1, 0.15) is 5.84 Å².